The zero-order chi connectivity index (χ0) is 11.2. The normalized spacial score (nSPS) is 10.0. The molecule has 0 fully saturated rings. The van der Waals surface area contributed by atoms with E-state index in [4.69, 9.17) is 0 Å². The van der Waals surface area contributed by atoms with Crippen molar-refractivity contribution in [1.29, 1.82) is 0 Å². The van der Waals surface area contributed by atoms with Gasteiger partial charge in [0.05, 0.1) is 6.54 Å². The fourth-order valence-corrected chi connectivity index (χ4v) is 1.46. The standard InChI is InChI=1S/C12H14N4/c1-2-5-14-12-15-7-8-16(12)10-11-4-3-6-13-9-11/h2-4,6-9H,1,5,10H2,(H,14,15). The average molecular weight is 214 g/mol. The summed E-state index contributed by atoms with van der Waals surface area (Å²) >= 11 is 0. The monoisotopic (exact) mass is 214 g/mol. The number of hydrogen-bond acceptors (Lipinski definition) is 3. The minimum absolute atomic E-state index is 0.712. The van der Waals surface area contributed by atoms with Gasteiger partial charge in [0.2, 0.25) is 5.95 Å². The van der Waals surface area contributed by atoms with Crippen LogP contribution in [-0.4, -0.2) is 21.1 Å². The molecule has 0 saturated heterocycles. The number of hydrogen-bond donors (Lipinski definition) is 1. The van der Waals surface area contributed by atoms with Gasteiger partial charge in [0.15, 0.2) is 0 Å². The molecule has 2 rings (SSSR count). The van der Waals surface area contributed by atoms with E-state index in [1.54, 1.807) is 12.4 Å². The smallest absolute Gasteiger partial charge is 0.203 e. The van der Waals surface area contributed by atoms with Gasteiger partial charge in [-0.15, -0.1) is 6.58 Å². The molecule has 0 spiro atoms. The maximum Gasteiger partial charge on any atom is 0.203 e. The van der Waals surface area contributed by atoms with E-state index in [2.05, 4.69) is 21.9 Å². The third kappa shape index (κ3) is 2.48. The summed E-state index contributed by atoms with van der Waals surface area (Å²) in [7, 11) is 0. The van der Waals surface area contributed by atoms with Crippen LogP contribution in [0.3, 0.4) is 0 Å². The van der Waals surface area contributed by atoms with Gasteiger partial charge in [-0.1, -0.05) is 12.1 Å². The topological polar surface area (TPSA) is 42.7 Å². The van der Waals surface area contributed by atoms with E-state index in [9.17, 15) is 0 Å². The largest absolute Gasteiger partial charge is 0.352 e. The summed E-state index contributed by atoms with van der Waals surface area (Å²) in [6.45, 7) is 5.15. The van der Waals surface area contributed by atoms with Crippen LogP contribution in [-0.2, 0) is 6.54 Å². The Bertz CT molecular complexity index is 447. The van der Waals surface area contributed by atoms with Crippen LogP contribution in [0.5, 0.6) is 0 Å². The van der Waals surface area contributed by atoms with E-state index >= 15 is 0 Å². The minimum Gasteiger partial charge on any atom is -0.352 e. The van der Waals surface area contributed by atoms with Crippen molar-refractivity contribution in [2.45, 2.75) is 6.54 Å². The summed E-state index contributed by atoms with van der Waals surface area (Å²) in [6.07, 6.45) is 9.16. The van der Waals surface area contributed by atoms with Crippen LogP contribution in [0.25, 0.3) is 0 Å². The molecule has 0 amide bonds. The second-order valence-electron chi connectivity index (χ2n) is 3.41. The molecule has 2 heterocycles. The summed E-state index contributed by atoms with van der Waals surface area (Å²) in [5.41, 5.74) is 1.15. The Morgan fingerprint density at radius 1 is 1.44 bits per heavy atom. The Labute approximate surface area is 94.7 Å². The van der Waals surface area contributed by atoms with Crippen LogP contribution >= 0.6 is 0 Å². The summed E-state index contributed by atoms with van der Waals surface area (Å²) in [6, 6.07) is 3.98. The van der Waals surface area contributed by atoms with Gasteiger partial charge in [0.1, 0.15) is 0 Å². The number of imidazole rings is 1. The fraction of sp³-hybridized carbons (Fsp3) is 0.167. The van der Waals surface area contributed by atoms with Crippen LogP contribution < -0.4 is 5.32 Å². The first-order valence-corrected chi connectivity index (χ1v) is 5.15. The number of pyridine rings is 1. The first-order chi connectivity index (χ1) is 7.90. The number of nitrogens with zero attached hydrogens (tertiary/aromatic N) is 3. The summed E-state index contributed by atoms with van der Waals surface area (Å²) < 4.78 is 2.04. The first-order valence-electron chi connectivity index (χ1n) is 5.15. The maximum absolute atomic E-state index is 4.23. The molecule has 0 unspecified atom stereocenters. The highest BCUT2D eigenvalue weighted by Crippen LogP contribution is 2.07. The van der Waals surface area contributed by atoms with Gasteiger partial charge < -0.3 is 9.88 Å². The summed E-state index contributed by atoms with van der Waals surface area (Å²) in [5, 5.41) is 3.18. The molecule has 2 aromatic heterocycles. The zero-order valence-electron chi connectivity index (χ0n) is 9.00. The van der Waals surface area contributed by atoms with Crippen molar-refractivity contribution in [2.75, 3.05) is 11.9 Å². The quantitative estimate of drug-likeness (QED) is 0.773. The van der Waals surface area contributed by atoms with Crippen LogP contribution in [0.1, 0.15) is 5.56 Å². The second-order valence-corrected chi connectivity index (χ2v) is 3.41. The molecule has 0 bridgehead atoms. The Kier molecular flexibility index (Phi) is 3.33. The molecule has 82 valence electrons. The van der Waals surface area contributed by atoms with Gasteiger partial charge in [-0.25, -0.2) is 4.98 Å². The van der Waals surface area contributed by atoms with Crippen LogP contribution in [0.4, 0.5) is 5.95 Å². The van der Waals surface area contributed by atoms with Crippen LogP contribution in [0, 0.1) is 0 Å². The molecule has 0 aliphatic heterocycles. The van der Waals surface area contributed by atoms with E-state index in [-0.39, 0.29) is 0 Å². The minimum atomic E-state index is 0.712. The van der Waals surface area contributed by atoms with E-state index < -0.39 is 0 Å². The number of nitrogens with one attached hydrogen (secondary N) is 1. The van der Waals surface area contributed by atoms with Gasteiger partial charge in [0.25, 0.3) is 0 Å². The number of anilines is 1. The van der Waals surface area contributed by atoms with Crippen molar-refractivity contribution in [3.8, 4) is 0 Å². The maximum atomic E-state index is 4.23. The molecular weight excluding hydrogens is 200 g/mol. The van der Waals surface area contributed by atoms with Crippen molar-refractivity contribution >= 4 is 5.95 Å². The van der Waals surface area contributed by atoms with Gasteiger partial charge >= 0.3 is 0 Å². The lowest BCUT2D eigenvalue weighted by Crippen LogP contribution is -2.07. The Balaban J connectivity index is 2.09. The van der Waals surface area contributed by atoms with Crippen molar-refractivity contribution in [3.63, 3.8) is 0 Å². The fourth-order valence-electron chi connectivity index (χ4n) is 1.46. The molecule has 0 radical (unpaired) electrons. The van der Waals surface area contributed by atoms with E-state index in [0.29, 0.717) is 6.54 Å². The molecule has 1 N–H and O–H groups in total. The highest BCUT2D eigenvalue weighted by atomic mass is 15.2. The molecule has 0 aliphatic rings. The molecule has 0 aliphatic carbocycles. The van der Waals surface area contributed by atoms with Gasteiger partial charge in [0, 0.05) is 31.3 Å². The molecule has 16 heavy (non-hydrogen) atoms. The SMILES string of the molecule is C=CCNc1nccn1Cc1cccnc1. The summed E-state index contributed by atoms with van der Waals surface area (Å²) in [4.78, 5) is 8.32. The number of rotatable bonds is 5. The van der Waals surface area contributed by atoms with Gasteiger partial charge in [-0.3, -0.25) is 4.98 Å². The highest BCUT2D eigenvalue weighted by Gasteiger charge is 2.01. The molecule has 4 nitrogen and oxygen atoms in total. The molecule has 0 aromatic carbocycles. The van der Waals surface area contributed by atoms with Crippen molar-refractivity contribution in [1.82, 2.24) is 14.5 Å². The third-order valence-corrected chi connectivity index (χ3v) is 2.20. The lowest BCUT2D eigenvalue weighted by molar-refractivity contribution is 0.798. The van der Waals surface area contributed by atoms with Gasteiger partial charge in [-0.05, 0) is 11.6 Å². The van der Waals surface area contributed by atoms with Crippen molar-refractivity contribution in [3.05, 3.63) is 55.1 Å². The molecule has 4 heteroatoms. The number of aromatic nitrogens is 3. The average Bonchev–Trinajstić information content (AvgIpc) is 2.75. The molecular formula is C12H14N4. The molecule has 0 atom stereocenters. The first kappa shape index (κ1) is 10.4. The van der Waals surface area contributed by atoms with E-state index in [1.807, 2.05) is 35.2 Å². The highest BCUT2D eigenvalue weighted by molar-refractivity contribution is 5.28. The molecule has 2 aromatic rings. The predicted octanol–water partition coefficient (Wildman–Crippen LogP) is 1.92. The van der Waals surface area contributed by atoms with Gasteiger partial charge in [-0.2, -0.15) is 0 Å². The Hall–Kier alpha value is -2.10. The third-order valence-electron chi connectivity index (χ3n) is 2.20. The lowest BCUT2D eigenvalue weighted by atomic mass is 10.3. The lowest BCUT2D eigenvalue weighted by Gasteiger charge is -2.07. The van der Waals surface area contributed by atoms with E-state index in [1.165, 1.54) is 0 Å². The van der Waals surface area contributed by atoms with E-state index in [0.717, 1.165) is 18.1 Å². The molecule has 0 saturated carbocycles. The van der Waals surface area contributed by atoms with Crippen molar-refractivity contribution in [2.24, 2.45) is 0 Å². The van der Waals surface area contributed by atoms with Crippen LogP contribution in [0.15, 0.2) is 49.6 Å². The second kappa shape index (κ2) is 5.11. The zero-order valence-corrected chi connectivity index (χ0v) is 9.00. The van der Waals surface area contributed by atoms with Crippen molar-refractivity contribution < 1.29 is 0 Å². The Morgan fingerprint density at radius 2 is 2.38 bits per heavy atom. The summed E-state index contributed by atoms with van der Waals surface area (Å²) in [5.74, 6) is 0.851. The Morgan fingerprint density at radius 3 is 3.12 bits per heavy atom. The van der Waals surface area contributed by atoms with Crippen LogP contribution in [0.2, 0.25) is 0 Å². The predicted molar refractivity (Wildman–Crippen MR) is 64.3 cm³/mol.